The van der Waals surface area contributed by atoms with Crippen molar-refractivity contribution in [2.45, 2.75) is 63.6 Å². The van der Waals surface area contributed by atoms with Crippen LogP contribution in [0.5, 0.6) is 0 Å². The number of halogens is 1. The fourth-order valence-corrected chi connectivity index (χ4v) is 4.67. The fraction of sp³-hybridized carbons (Fsp3) is 0.611. The molecule has 0 saturated carbocycles. The minimum Gasteiger partial charge on any atom is -0.593 e. The predicted octanol–water partition coefficient (Wildman–Crippen LogP) is 3.21. The number of carbonyl (C=O) groups is 1. The number of benzene rings is 1. The monoisotopic (exact) mass is 355 g/mol. The molecule has 0 bridgehead atoms. The summed E-state index contributed by atoms with van der Waals surface area (Å²) in [5, 5.41) is 0. The van der Waals surface area contributed by atoms with Crippen molar-refractivity contribution in [2.75, 3.05) is 13.7 Å². The minimum atomic E-state index is -1.60. The molecule has 2 rings (SSSR count). The molecule has 0 aliphatic carbocycles. The van der Waals surface area contributed by atoms with Crippen molar-refractivity contribution in [3.05, 3.63) is 28.8 Å². The lowest BCUT2D eigenvalue weighted by atomic mass is 9.85. The molecule has 24 heavy (non-hydrogen) atoms. The maximum absolute atomic E-state index is 13.8. The van der Waals surface area contributed by atoms with Crippen molar-refractivity contribution < 1.29 is 18.5 Å². The molecule has 0 amide bonds. The first kappa shape index (κ1) is 19.2. The van der Waals surface area contributed by atoms with Crippen LogP contribution in [0.15, 0.2) is 17.0 Å². The third-order valence-corrected chi connectivity index (χ3v) is 6.21. The molecule has 1 aromatic carbocycles. The van der Waals surface area contributed by atoms with E-state index in [1.54, 1.807) is 0 Å². The highest BCUT2D eigenvalue weighted by molar-refractivity contribution is 7.89. The second-order valence-electron chi connectivity index (χ2n) is 7.41. The second-order valence-corrected chi connectivity index (χ2v) is 8.79. The summed E-state index contributed by atoms with van der Waals surface area (Å²) in [5.41, 5.74) is 2.93. The van der Waals surface area contributed by atoms with Crippen molar-refractivity contribution in [3.8, 4) is 0 Å². The molecule has 3 unspecified atom stereocenters. The molecule has 6 heteroatoms. The molecular weight excluding hydrogens is 329 g/mol. The van der Waals surface area contributed by atoms with E-state index in [0.717, 1.165) is 16.7 Å². The van der Waals surface area contributed by atoms with Crippen LogP contribution in [0.2, 0.25) is 0 Å². The Morgan fingerprint density at radius 2 is 1.88 bits per heavy atom. The highest BCUT2D eigenvalue weighted by Gasteiger charge is 2.46. The van der Waals surface area contributed by atoms with E-state index in [0.29, 0.717) is 4.90 Å². The number of aryl methyl sites for hydroxylation is 2. The van der Waals surface area contributed by atoms with E-state index in [1.807, 2.05) is 26.0 Å². The van der Waals surface area contributed by atoms with Gasteiger partial charge >= 0.3 is 5.97 Å². The summed E-state index contributed by atoms with van der Waals surface area (Å²) in [7, 11) is 1.27. The Labute approximate surface area is 146 Å². The van der Waals surface area contributed by atoms with Gasteiger partial charge < -0.3 is 9.29 Å². The zero-order chi connectivity index (χ0) is 18.2. The van der Waals surface area contributed by atoms with Crippen molar-refractivity contribution in [1.82, 2.24) is 4.31 Å². The summed E-state index contributed by atoms with van der Waals surface area (Å²) < 4.78 is 33.1. The summed E-state index contributed by atoms with van der Waals surface area (Å²) in [6.45, 7) is 10.2. The van der Waals surface area contributed by atoms with Crippen LogP contribution in [-0.4, -0.2) is 40.7 Å². The standard InChI is InChI=1S/C18H26FNO3S/c1-11-7-13(18(3,4)5)8-12(2)16(11)24(22)20-10-14(19)9-15(20)17(21)23-6/h7-8,14-15H,9-10H2,1-6H3. The lowest BCUT2D eigenvalue weighted by molar-refractivity contribution is -0.144. The van der Waals surface area contributed by atoms with E-state index in [2.05, 4.69) is 20.8 Å². The van der Waals surface area contributed by atoms with Crippen molar-refractivity contribution in [2.24, 2.45) is 0 Å². The van der Waals surface area contributed by atoms with Gasteiger partial charge in [-0.1, -0.05) is 32.9 Å². The number of alkyl halides is 1. The number of ether oxygens (including phenoxy) is 1. The third kappa shape index (κ3) is 3.76. The van der Waals surface area contributed by atoms with Gasteiger partial charge in [0.1, 0.15) is 6.17 Å². The fourth-order valence-electron chi connectivity index (χ4n) is 3.07. The lowest BCUT2D eigenvalue weighted by Gasteiger charge is -2.27. The lowest BCUT2D eigenvalue weighted by Crippen LogP contribution is -2.41. The number of hydrogen-bond acceptors (Lipinski definition) is 4. The van der Waals surface area contributed by atoms with Crippen LogP contribution in [-0.2, 0) is 26.3 Å². The largest absolute Gasteiger partial charge is 0.593 e. The normalized spacial score (nSPS) is 23.3. The number of methoxy groups -OCH3 is 1. The SMILES string of the molecule is COC(=O)C1CC(F)CN1[S+]([O-])c1c(C)cc(C(C)(C)C)cc1C. The van der Waals surface area contributed by atoms with Crippen molar-refractivity contribution in [1.29, 1.82) is 0 Å². The summed E-state index contributed by atoms with van der Waals surface area (Å²) in [6.07, 6.45) is -1.15. The summed E-state index contributed by atoms with van der Waals surface area (Å²) >= 11 is -1.60. The Hall–Kier alpha value is -1.11. The molecule has 0 aromatic heterocycles. The predicted molar refractivity (Wildman–Crippen MR) is 93.0 cm³/mol. The van der Waals surface area contributed by atoms with Crippen molar-refractivity contribution in [3.63, 3.8) is 0 Å². The quantitative estimate of drug-likeness (QED) is 0.617. The maximum Gasteiger partial charge on any atom is 0.327 e. The van der Waals surface area contributed by atoms with E-state index in [1.165, 1.54) is 11.4 Å². The first-order chi connectivity index (χ1) is 11.1. The Kier molecular flexibility index (Phi) is 5.62. The topological polar surface area (TPSA) is 52.6 Å². The Morgan fingerprint density at radius 3 is 2.33 bits per heavy atom. The van der Waals surface area contributed by atoms with Gasteiger partial charge in [0, 0.05) is 17.5 Å². The van der Waals surface area contributed by atoms with Gasteiger partial charge in [0.05, 0.1) is 25.0 Å². The Bertz CT molecular complexity index is 606. The van der Waals surface area contributed by atoms with E-state index >= 15 is 0 Å². The van der Waals surface area contributed by atoms with Gasteiger partial charge in [-0.05, 0) is 24.8 Å². The highest BCUT2D eigenvalue weighted by atomic mass is 32.2. The molecule has 1 aromatic rings. The average Bonchev–Trinajstić information content (AvgIpc) is 2.86. The zero-order valence-electron chi connectivity index (χ0n) is 15.2. The molecule has 1 heterocycles. The van der Waals surface area contributed by atoms with Gasteiger partial charge in [-0.15, -0.1) is 4.31 Å². The molecule has 3 atom stereocenters. The highest BCUT2D eigenvalue weighted by Crippen LogP contribution is 2.34. The van der Waals surface area contributed by atoms with Crippen LogP contribution in [0.3, 0.4) is 0 Å². The smallest absolute Gasteiger partial charge is 0.327 e. The van der Waals surface area contributed by atoms with E-state index < -0.39 is 29.5 Å². The van der Waals surface area contributed by atoms with Crippen LogP contribution in [0.1, 0.15) is 43.9 Å². The summed E-state index contributed by atoms with van der Waals surface area (Å²) in [6, 6.07) is 3.25. The molecule has 0 radical (unpaired) electrons. The molecule has 134 valence electrons. The van der Waals surface area contributed by atoms with E-state index in [9.17, 15) is 13.7 Å². The number of hydrogen-bond donors (Lipinski definition) is 0. The van der Waals surface area contributed by atoms with Gasteiger partial charge in [-0.25, -0.2) is 4.39 Å². The van der Waals surface area contributed by atoms with Gasteiger partial charge in [-0.2, -0.15) is 0 Å². The number of rotatable bonds is 3. The van der Waals surface area contributed by atoms with Crippen LogP contribution in [0.25, 0.3) is 0 Å². The van der Waals surface area contributed by atoms with Gasteiger partial charge in [0.2, 0.25) is 0 Å². The van der Waals surface area contributed by atoms with Crippen LogP contribution in [0.4, 0.5) is 4.39 Å². The summed E-state index contributed by atoms with van der Waals surface area (Å²) in [4.78, 5) is 12.6. The first-order valence-electron chi connectivity index (χ1n) is 8.08. The van der Waals surface area contributed by atoms with E-state index in [-0.39, 0.29) is 18.4 Å². The van der Waals surface area contributed by atoms with Gasteiger partial charge in [-0.3, -0.25) is 4.79 Å². The zero-order valence-corrected chi connectivity index (χ0v) is 16.0. The van der Waals surface area contributed by atoms with Gasteiger partial charge in [0.25, 0.3) is 0 Å². The molecule has 4 nitrogen and oxygen atoms in total. The van der Waals surface area contributed by atoms with Crippen LogP contribution >= 0.6 is 0 Å². The molecule has 1 fully saturated rings. The molecular formula is C18H26FNO3S. The maximum atomic E-state index is 13.8. The van der Waals surface area contributed by atoms with Crippen LogP contribution < -0.4 is 0 Å². The molecule has 1 saturated heterocycles. The van der Waals surface area contributed by atoms with Crippen LogP contribution in [0, 0.1) is 13.8 Å². The second kappa shape index (κ2) is 7.02. The van der Waals surface area contributed by atoms with Gasteiger partial charge in [0.15, 0.2) is 10.9 Å². The molecule has 0 spiro atoms. The number of carbonyl (C=O) groups excluding carboxylic acids is 1. The third-order valence-electron chi connectivity index (χ3n) is 4.39. The average molecular weight is 355 g/mol. The minimum absolute atomic E-state index is 0.0121. The Morgan fingerprint density at radius 1 is 1.33 bits per heavy atom. The van der Waals surface area contributed by atoms with E-state index in [4.69, 9.17) is 4.74 Å². The van der Waals surface area contributed by atoms with Crippen molar-refractivity contribution >= 4 is 17.3 Å². The molecule has 0 N–H and O–H groups in total. The number of nitrogens with zero attached hydrogens (tertiary/aromatic N) is 1. The molecule has 1 aliphatic rings. The number of esters is 1. The first-order valence-corrected chi connectivity index (χ1v) is 9.19. The molecule has 1 aliphatic heterocycles. The summed E-state index contributed by atoms with van der Waals surface area (Å²) in [5.74, 6) is -0.537. The Balaban J connectivity index is 2.39.